The second kappa shape index (κ2) is 3.19. The van der Waals surface area contributed by atoms with Crippen molar-refractivity contribution >= 4 is 5.69 Å². The van der Waals surface area contributed by atoms with Gasteiger partial charge in [0, 0.05) is 0 Å². The van der Waals surface area contributed by atoms with Crippen LogP contribution in [0.4, 0.5) is 5.69 Å². The Morgan fingerprint density at radius 2 is 2.00 bits per heavy atom. The zero-order valence-corrected chi connectivity index (χ0v) is 8.20. The van der Waals surface area contributed by atoms with Gasteiger partial charge in [-0.1, -0.05) is 18.6 Å². The fraction of sp³-hybridized carbons (Fsp3) is 0.500. The summed E-state index contributed by atoms with van der Waals surface area (Å²) in [5, 5.41) is 3.57. The van der Waals surface area contributed by atoms with Crippen LogP contribution in [0.5, 0.6) is 5.75 Å². The Kier molecular flexibility index (Phi) is 1.86. The SMILES string of the molecule is c1ccc2c(c1)NC1CCCCC1O2. The van der Waals surface area contributed by atoms with Crippen LogP contribution in [0.15, 0.2) is 24.3 Å². The number of ether oxygens (including phenoxy) is 1. The summed E-state index contributed by atoms with van der Waals surface area (Å²) in [6.45, 7) is 0. The first-order valence-electron chi connectivity index (χ1n) is 5.46. The monoisotopic (exact) mass is 189 g/mol. The van der Waals surface area contributed by atoms with Crippen LogP contribution in [0.3, 0.4) is 0 Å². The zero-order valence-electron chi connectivity index (χ0n) is 8.20. The number of anilines is 1. The first-order chi connectivity index (χ1) is 6.93. The number of fused-ring (bicyclic) bond motifs is 2. The summed E-state index contributed by atoms with van der Waals surface area (Å²) in [6, 6.07) is 8.77. The quantitative estimate of drug-likeness (QED) is 0.677. The molecule has 1 fully saturated rings. The van der Waals surface area contributed by atoms with Gasteiger partial charge in [-0.2, -0.15) is 0 Å². The molecule has 1 saturated carbocycles. The van der Waals surface area contributed by atoms with Gasteiger partial charge in [-0.3, -0.25) is 0 Å². The molecule has 1 N–H and O–H groups in total. The van der Waals surface area contributed by atoms with E-state index >= 15 is 0 Å². The maximum atomic E-state index is 5.97. The molecule has 0 bridgehead atoms. The van der Waals surface area contributed by atoms with Gasteiger partial charge >= 0.3 is 0 Å². The third-order valence-electron chi connectivity index (χ3n) is 3.21. The summed E-state index contributed by atoms with van der Waals surface area (Å²) in [5.41, 5.74) is 1.16. The fourth-order valence-electron chi connectivity index (χ4n) is 2.45. The lowest BCUT2D eigenvalue weighted by molar-refractivity contribution is 0.131. The summed E-state index contributed by atoms with van der Waals surface area (Å²) < 4.78 is 5.97. The van der Waals surface area contributed by atoms with E-state index in [1.54, 1.807) is 0 Å². The van der Waals surface area contributed by atoms with E-state index in [1.165, 1.54) is 25.7 Å². The minimum absolute atomic E-state index is 0.402. The van der Waals surface area contributed by atoms with E-state index < -0.39 is 0 Å². The molecule has 2 nitrogen and oxygen atoms in total. The van der Waals surface area contributed by atoms with Crippen LogP contribution < -0.4 is 10.1 Å². The van der Waals surface area contributed by atoms with Crippen LogP contribution in [-0.4, -0.2) is 12.1 Å². The maximum absolute atomic E-state index is 5.97. The van der Waals surface area contributed by atoms with Crippen LogP contribution in [-0.2, 0) is 0 Å². The summed E-state index contributed by atoms with van der Waals surface area (Å²) in [5.74, 6) is 1.02. The van der Waals surface area contributed by atoms with Crippen molar-refractivity contribution in [2.75, 3.05) is 5.32 Å². The first-order valence-corrected chi connectivity index (χ1v) is 5.46. The molecule has 0 amide bonds. The zero-order chi connectivity index (χ0) is 9.38. The Hall–Kier alpha value is -1.18. The average Bonchev–Trinajstić information content (AvgIpc) is 2.26. The number of rotatable bonds is 0. The second-order valence-corrected chi connectivity index (χ2v) is 4.19. The standard InChI is InChI=1S/C12H15NO/c1-3-7-11-9(5-1)13-10-6-2-4-8-12(10)14-11/h1,3,5,7,10,12-13H,2,4,6,8H2. The molecule has 1 aliphatic heterocycles. The third kappa shape index (κ3) is 1.26. The predicted octanol–water partition coefficient (Wildman–Crippen LogP) is 2.80. The average molecular weight is 189 g/mol. The Morgan fingerprint density at radius 1 is 1.14 bits per heavy atom. The van der Waals surface area contributed by atoms with Crippen molar-refractivity contribution in [1.82, 2.24) is 0 Å². The van der Waals surface area contributed by atoms with Crippen LogP contribution in [0.1, 0.15) is 25.7 Å². The van der Waals surface area contributed by atoms with E-state index in [0.717, 1.165) is 11.4 Å². The smallest absolute Gasteiger partial charge is 0.142 e. The molecule has 0 radical (unpaired) electrons. The molecular weight excluding hydrogens is 174 g/mol. The molecule has 74 valence electrons. The minimum Gasteiger partial charge on any atom is -0.486 e. The van der Waals surface area contributed by atoms with Crippen LogP contribution >= 0.6 is 0 Å². The van der Waals surface area contributed by atoms with Crippen LogP contribution in [0.2, 0.25) is 0 Å². The molecule has 0 aromatic heterocycles. The van der Waals surface area contributed by atoms with E-state index in [2.05, 4.69) is 17.4 Å². The van der Waals surface area contributed by atoms with Crippen molar-refractivity contribution in [2.45, 2.75) is 37.8 Å². The summed E-state index contributed by atoms with van der Waals surface area (Å²) in [7, 11) is 0. The van der Waals surface area contributed by atoms with Crippen molar-refractivity contribution in [3.8, 4) is 5.75 Å². The largest absolute Gasteiger partial charge is 0.486 e. The van der Waals surface area contributed by atoms with Gasteiger partial charge in [0.1, 0.15) is 11.9 Å². The fourth-order valence-corrected chi connectivity index (χ4v) is 2.45. The van der Waals surface area contributed by atoms with E-state index in [1.807, 2.05) is 12.1 Å². The Morgan fingerprint density at radius 3 is 3.00 bits per heavy atom. The second-order valence-electron chi connectivity index (χ2n) is 4.19. The van der Waals surface area contributed by atoms with Gasteiger partial charge in [-0.15, -0.1) is 0 Å². The topological polar surface area (TPSA) is 21.3 Å². The summed E-state index contributed by atoms with van der Waals surface area (Å²) in [4.78, 5) is 0. The van der Waals surface area contributed by atoms with Crippen molar-refractivity contribution in [3.63, 3.8) is 0 Å². The van der Waals surface area contributed by atoms with E-state index in [9.17, 15) is 0 Å². The summed E-state index contributed by atoms with van der Waals surface area (Å²) in [6.07, 6.45) is 5.49. The molecule has 0 spiro atoms. The van der Waals surface area contributed by atoms with Crippen molar-refractivity contribution < 1.29 is 4.74 Å². The Bertz CT molecular complexity index is 304. The molecule has 14 heavy (non-hydrogen) atoms. The van der Waals surface area contributed by atoms with Gasteiger partial charge in [-0.05, 0) is 31.4 Å². The maximum Gasteiger partial charge on any atom is 0.142 e. The number of nitrogens with one attached hydrogen (secondary N) is 1. The highest BCUT2D eigenvalue weighted by Crippen LogP contribution is 2.35. The van der Waals surface area contributed by atoms with Gasteiger partial charge in [0.05, 0.1) is 11.7 Å². The molecule has 1 aliphatic carbocycles. The van der Waals surface area contributed by atoms with Crippen LogP contribution in [0.25, 0.3) is 0 Å². The first kappa shape index (κ1) is 8.16. The molecule has 2 aliphatic rings. The highest BCUT2D eigenvalue weighted by Gasteiger charge is 2.31. The Labute approximate surface area is 84.3 Å². The molecule has 2 heteroatoms. The van der Waals surface area contributed by atoms with Crippen molar-refractivity contribution in [3.05, 3.63) is 24.3 Å². The lowest BCUT2D eigenvalue weighted by Crippen LogP contribution is -2.43. The molecule has 2 atom stereocenters. The molecule has 1 aromatic carbocycles. The van der Waals surface area contributed by atoms with E-state index in [0.29, 0.717) is 12.1 Å². The van der Waals surface area contributed by atoms with E-state index in [4.69, 9.17) is 4.74 Å². The lowest BCUT2D eigenvalue weighted by atomic mass is 9.91. The van der Waals surface area contributed by atoms with Gasteiger partial charge in [-0.25, -0.2) is 0 Å². The van der Waals surface area contributed by atoms with Crippen molar-refractivity contribution in [2.24, 2.45) is 0 Å². The Balaban J connectivity index is 1.91. The highest BCUT2D eigenvalue weighted by atomic mass is 16.5. The van der Waals surface area contributed by atoms with Gasteiger partial charge in [0.15, 0.2) is 0 Å². The molecule has 1 heterocycles. The molecular formula is C12H15NO. The lowest BCUT2D eigenvalue weighted by Gasteiger charge is -2.38. The van der Waals surface area contributed by atoms with Gasteiger partial charge in [0.25, 0.3) is 0 Å². The third-order valence-corrected chi connectivity index (χ3v) is 3.21. The molecule has 0 saturated heterocycles. The number of hydrogen-bond donors (Lipinski definition) is 1. The summed E-state index contributed by atoms with van der Waals surface area (Å²) >= 11 is 0. The molecule has 1 aromatic rings. The number of hydrogen-bond acceptors (Lipinski definition) is 2. The molecule has 3 rings (SSSR count). The minimum atomic E-state index is 0.402. The normalized spacial score (nSPS) is 29.4. The van der Waals surface area contributed by atoms with Gasteiger partial charge < -0.3 is 10.1 Å². The van der Waals surface area contributed by atoms with Gasteiger partial charge in [0.2, 0.25) is 0 Å². The number of benzene rings is 1. The molecule has 2 unspecified atom stereocenters. The van der Waals surface area contributed by atoms with E-state index in [-0.39, 0.29) is 0 Å². The van der Waals surface area contributed by atoms with Crippen LogP contribution in [0, 0.1) is 0 Å². The number of para-hydroxylation sites is 2. The van der Waals surface area contributed by atoms with Crippen molar-refractivity contribution in [1.29, 1.82) is 0 Å². The highest BCUT2D eigenvalue weighted by molar-refractivity contribution is 5.58. The predicted molar refractivity (Wildman–Crippen MR) is 56.7 cm³/mol.